The number of carbonyl (C=O) groups is 1. The van der Waals surface area contributed by atoms with E-state index in [-0.39, 0.29) is 18.2 Å². The Bertz CT molecular complexity index is 675. The number of non-ortho nitro benzene ring substituents is 1. The van der Waals surface area contributed by atoms with Gasteiger partial charge in [0.2, 0.25) is 5.89 Å². The van der Waals surface area contributed by atoms with Gasteiger partial charge in [0.15, 0.2) is 6.61 Å². The van der Waals surface area contributed by atoms with Crippen molar-refractivity contribution in [1.29, 1.82) is 0 Å². The highest BCUT2D eigenvalue weighted by Gasteiger charge is 2.05. The minimum absolute atomic E-state index is 0.0125. The molecule has 108 valence electrons. The van der Waals surface area contributed by atoms with Gasteiger partial charge in [-0.05, 0) is 23.8 Å². The molecule has 0 bridgehead atoms. The molecule has 0 amide bonds. The number of ether oxygens (including phenoxy) is 1. The number of esters is 1. The first kappa shape index (κ1) is 14.4. The molecule has 1 aromatic heterocycles. The highest BCUT2D eigenvalue weighted by atomic mass is 16.6. The van der Waals surface area contributed by atoms with Crippen molar-refractivity contribution in [3.05, 3.63) is 57.8 Å². The Morgan fingerprint density at radius 3 is 2.67 bits per heavy atom. The molecule has 2 aromatic rings. The van der Waals surface area contributed by atoms with E-state index in [0.717, 1.165) is 0 Å². The zero-order valence-electron chi connectivity index (χ0n) is 11.1. The standard InChI is InChI=1S/C13H11N3O5/c1-9-14-15-12(21-9)8-20-13(17)7-4-10-2-5-11(6-3-10)16(18)19/h2-7H,8H2,1H3/b7-4+. The van der Waals surface area contributed by atoms with Crippen molar-refractivity contribution in [2.45, 2.75) is 13.5 Å². The third-order valence-electron chi connectivity index (χ3n) is 2.42. The molecule has 0 atom stereocenters. The van der Waals surface area contributed by atoms with E-state index in [9.17, 15) is 14.9 Å². The van der Waals surface area contributed by atoms with Crippen molar-refractivity contribution in [3.63, 3.8) is 0 Å². The Labute approximate surface area is 119 Å². The van der Waals surface area contributed by atoms with E-state index in [1.54, 1.807) is 6.92 Å². The van der Waals surface area contributed by atoms with E-state index in [4.69, 9.17) is 9.15 Å². The molecule has 1 heterocycles. The Kier molecular flexibility index (Phi) is 4.39. The van der Waals surface area contributed by atoms with Gasteiger partial charge in [-0.1, -0.05) is 0 Å². The van der Waals surface area contributed by atoms with Crippen LogP contribution in [0.5, 0.6) is 0 Å². The molecule has 0 radical (unpaired) electrons. The lowest BCUT2D eigenvalue weighted by molar-refractivity contribution is -0.384. The SMILES string of the molecule is Cc1nnc(COC(=O)/C=C/c2ccc([N+](=O)[O-])cc2)o1. The summed E-state index contributed by atoms with van der Waals surface area (Å²) in [6, 6.07) is 5.77. The maximum atomic E-state index is 11.5. The summed E-state index contributed by atoms with van der Waals surface area (Å²) in [6.45, 7) is 1.52. The van der Waals surface area contributed by atoms with Gasteiger partial charge < -0.3 is 9.15 Å². The van der Waals surface area contributed by atoms with Crippen molar-refractivity contribution in [3.8, 4) is 0 Å². The largest absolute Gasteiger partial charge is 0.452 e. The molecule has 0 aliphatic rings. The second-order valence-electron chi connectivity index (χ2n) is 4.00. The Morgan fingerprint density at radius 1 is 1.38 bits per heavy atom. The monoisotopic (exact) mass is 289 g/mol. The fourth-order valence-electron chi connectivity index (χ4n) is 1.45. The molecule has 0 fully saturated rings. The average molecular weight is 289 g/mol. The van der Waals surface area contributed by atoms with Crippen LogP contribution >= 0.6 is 0 Å². The van der Waals surface area contributed by atoms with Crippen molar-refractivity contribution in [2.75, 3.05) is 0 Å². The normalized spacial score (nSPS) is 10.7. The number of rotatable bonds is 5. The van der Waals surface area contributed by atoms with E-state index >= 15 is 0 Å². The summed E-state index contributed by atoms with van der Waals surface area (Å²) in [5.74, 6) is 0.0243. The molecule has 0 unspecified atom stereocenters. The van der Waals surface area contributed by atoms with E-state index in [1.165, 1.54) is 36.4 Å². The van der Waals surface area contributed by atoms with Crippen molar-refractivity contribution in [1.82, 2.24) is 10.2 Å². The highest BCUT2D eigenvalue weighted by Crippen LogP contribution is 2.12. The molecule has 21 heavy (non-hydrogen) atoms. The van der Waals surface area contributed by atoms with Gasteiger partial charge in [-0.15, -0.1) is 10.2 Å². The number of aromatic nitrogens is 2. The third kappa shape index (κ3) is 4.23. The molecule has 0 aliphatic heterocycles. The predicted octanol–water partition coefficient (Wildman–Crippen LogP) is 2.04. The molecule has 8 heteroatoms. The summed E-state index contributed by atoms with van der Waals surface area (Å²) in [4.78, 5) is 21.5. The Hall–Kier alpha value is -3.03. The number of nitro benzene ring substituents is 1. The van der Waals surface area contributed by atoms with Crippen LogP contribution in [0.1, 0.15) is 17.3 Å². The van der Waals surface area contributed by atoms with Gasteiger partial charge in [-0.2, -0.15) is 0 Å². The van der Waals surface area contributed by atoms with Crippen LogP contribution < -0.4 is 0 Å². The Balaban J connectivity index is 1.88. The van der Waals surface area contributed by atoms with Crippen molar-refractivity contribution in [2.24, 2.45) is 0 Å². The van der Waals surface area contributed by atoms with Crippen LogP contribution in [0.25, 0.3) is 6.08 Å². The van der Waals surface area contributed by atoms with Gasteiger partial charge in [-0.3, -0.25) is 10.1 Å². The van der Waals surface area contributed by atoms with Crippen LogP contribution in [0, 0.1) is 17.0 Å². The highest BCUT2D eigenvalue weighted by molar-refractivity contribution is 5.87. The van der Waals surface area contributed by atoms with Gasteiger partial charge >= 0.3 is 5.97 Å². The van der Waals surface area contributed by atoms with Crippen LogP contribution in [0.4, 0.5) is 5.69 Å². The molecule has 1 aromatic carbocycles. The minimum Gasteiger partial charge on any atom is -0.452 e. The topological polar surface area (TPSA) is 108 Å². The molecule has 0 saturated carbocycles. The van der Waals surface area contributed by atoms with Gasteiger partial charge in [0, 0.05) is 25.1 Å². The lowest BCUT2D eigenvalue weighted by atomic mass is 10.2. The maximum absolute atomic E-state index is 11.5. The Morgan fingerprint density at radius 2 is 2.10 bits per heavy atom. The molecule has 0 spiro atoms. The molecule has 0 N–H and O–H groups in total. The number of aryl methyl sites for hydroxylation is 1. The zero-order chi connectivity index (χ0) is 15.2. The number of hydrogen-bond donors (Lipinski definition) is 0. The number of carbonyl (C=O) groups excluding carboxylic acids is 1. The van der Waals surface area contributed by atoms with Crippen LogP contribution in [-0.2, 0) is 16.1 Å². The van der Waals surface area contributed by atoms with E-state index in [0.29, 0.717) is 11.5 Å². The smallest absolute Gasteiger partial charge is 0.331 e. The molecule has 0 saturated heterocycles. The van der Waals surface area contributed by atoms with Gasteiger partial charge in [-0.25, -0.2) is 4.79 Å². The van der Waals surface area contributed by atoms with Crippen molar-refractivity contribution < 1.29 is 18.9 Å². The summed E-state index contributed by atoms with van der Waals surface area (Å²) in [5, 5.41) is 17.8. The van der Waals surface area contributed by atoms with Crippen LogP contribution in [0.15, 0.2) is 34.8 Å². The van der Waals surface area contributed by atoms with E-state index < -0.39 is 10.9 Å². The first-order chi connectivity index (χ1) is 10.0. The van der Waals surface area contributed by atoms with Crippen LogP contribution in [-0.4, -0.2) is 21.1 Å². The quantitative estimate of drug-likeness (QED) is 0.358. The predicted molar refractivity (Wildman–Crippen MR) is 71.0 cm³/mol. The van der Waals surface area contributed by atoms with Gasteiger partial charge in [0.1, 0.15) is 0 Å². The fraction of sp³-hybridized carbons (Fsp3) is 0.154. The zero-order valence-corrected chi connectivity index (χ0v) is 11.1. The van der Waals surface area contributed by atoms with Crippen molar-refractivity contribution >= 4 is 17.7 Å². The summed E-state index contributed by atoms with van der Waals surface area (Å²) >= 11 is 0. The minimum atomic E-state index is -0.579. The van der Waals surface area contributed by atoms with E-state index in [2.05, 4.69) is 10.2 Å². The molecular formula is C13H11N3O5. The molecule has 8 nitrogen and oxygen atoms in total. The molecule has 0 aliphatic carbocycles. The summed E-state index contributed by atoms with van der Waals surface area (Å²) in [6.07, 6.45) is 2.70. The molecule has 2 rings (SSSR count). The number of hydrogen-bond acceptors (Lipinski definition) is 7. The second-order valence-corrected chi connectivity index (χ2v) is 4.00. The first-order valence-electron chi connectivity index (χ1n) is 5.93. The van der Waals surface area contributed by atoms with Gasteiger partial charge in [0.25, 0.3) is 11.6 Å². The summed E-state index contributed by atoms with van der Waals surface area (Å²) < 4.78 is 9.94. The van der Waals surface area contributed by atoms with Crippen LogP contribution in [0.2, 0.25) is 0 Å². The lowest BCUT2D eigenvalue weighted by Crippen LogP contribution is -2.00. The number of nitrogens with zero attached hydrogens (tertiary/aromatic N) is 3. The third-order valence-corrected chi connectivity index (χ3v) is 2.42. The van der Waals surface area contributed by atoms with Crippen LogP contribution in [0.3, 0.4) is 0 Å². The van der Waals surface area contributed by atoms with Gasteiger partial charge in [0.05, 0.1) is 4.92 Å². The number of nitro groups is 1. The maximum Gasteiger partial charge on any atom is 0.331 e. The lowest BCUT2D eigenvalue weighted by Gasteiger charge is -1.97. The molecular weight excluding hydrogens is 278 g/mol. The fourth-order valence-corrected chi connectivity index (χ4v) is 1.45. The van der Waals surface area contributed by atoms with E-state index in [1.807, 2.05) is 0 Å². The first-order valence-corrected chi connectivity index (χ1v) is 5.93. The number of benzene rings is 1. The average Bonchev–Trinajstić information content (AvgIpc) is 2.89. The summed E-state index contributed by atoms with van der Waals surface area (Å²) in [5.41, 5.74) is 0.632. The second kappa shape index (κ2) is 6.42. The summed E-state index contributed by atoms with van der Waals surface area (Å²) in [7, 11) is 0.